The van der Waals surface area contributed by atoms with E-state index in [1.807, 2.05) is 44.2 Å². The van der Waals surface area contributed by atoms with Crippen molar-refractivity contribution >= 4 is 14.0 Å². The molecule has 0 spiro atoms. The Balaban J connectivity index is 2.54. The van der Waals surface area contributed by atoms with Crippen LogP contribution in [0, 0.1) is 11.8 Å². The van der Waals surface area contributed by atoms with E-state index in [-0.39, 0.29) is 18.7 Å². The lowest BCUT2D eigenvalue weighted by Gasteiger charge is -2.13. The highest BCUT2D eigenvalue weighted by Crippen LogP contribution is 2.24. The van der Waals surface area contributed by atoms with Gasteiger partial charge in [0.1, 0.15) is 12.5 Å². The Kier molecular flexibility index (Phi) is 6.68. The molecular formula is C14H20O4P+. The summed E-state index contributed by atoms with van der Waals surface area (Å²) >= 11 is 0. The van der Waals surface area contributed by atoms with E-state index in [0.717, 1.165) is 5.56 Å². The van der Waals surface area contributed by atoms with E-state index in [9.17, 15) is 9.36 Å². The first-order chi connectivity index (χ1) is 8.99. The summed E-state index contributed by atoms with van der Waals surface area (Å²) < 4.78 is 16.1. The van der Waals surface area contributed by atoms with Crippen molar-refractivity contribution in [2.45, 2.75) is 26.9 Å². The van der Waals surface area contributed by atoms with Crippen LogP contribution in [0.5, 0.6) is 0 Å². The summed E-state index contributed by atoms with van der Waals surface area (Å²) in [4.78, 5) is 20.9. The van der Waals surface area contributed by atoms with Crippen molar-refractivity contribution in [2.24, 2.45) is 11.8 Å². The van der Waals surface area contributed by atoms with Crippen LogP contribution < -0.4 is 0 Å². The smallest absolute Gasteiger partial charge is 0.460 e. The van der Waals surface area contributed by atoms with E-state index in [1.54, 1.807) is 0 Å². The minimum atomic E-state index is -2.32. The van der Waals surface area contributed by atoms with Gasteiger partial charge in [-0.25, -0.2) is 0 Å². The molecule has 0 aromatic heterocycles. The molecular weight excluding hydrogens is 263 g/mol. The second kappa shape index (κ2) is 8.03. The summed E-state index contributed by atoms with van der Waals surface area (Å²) in [6.07, 6.45) is 0.538. The Morgan fingerprint density at radius 3 is 2.47 bits per heavy atom. The fourth-order valence-corrected chi connectivity index (χ4v) is 2.52. The molecule has 1 unspecified atom stereocenters. The van der Waals surface area contributed by atoms with Gasteiger partial charge in [0.2, 0.25) is 0 Å². The number of carbonyl (C=O) groups is 1. The van der Waals surface area contributed by atoms with Gasteiger partial charge in [0.25, 0.3) is 0 Å². The van der Waals surface area contributed by atoms with Gasteiger partial charge in [0, 0.05) is 0 Å². The molecule has 4 nitrogen and oxygen atoms in total. The lowest BCUT2D eigenvalue weighted by atomic mass is 9.99. The Morgan fingerprint density at radius 1 is 1.32 bits per heavy atom. The maximum atomic E-state index is 11.9. The van der Waals surface area contributed by atoms with Crippen molar-refractivity contribution in [3.63, 3.8) is 0 Å². The maximum Gasteiger partial charge on any atom is 0.506 e. The topological polar surface area (TPSA) is 63.6 Å². The quantitative estimate of drug-likeness (QED) is 0.617. The van der Waals surface area contributed by atoms with Crippen LogP contribution in [0.2, 0.25) is 0 Å². The zero-order chi connectivity index (χ0) is 14.3. The third kappa shape index (κ3) is 6.46. The largest absolute Gasteiger partial charge is 0.506 e. The highest BCUT2D eigenvalue weighted by molar-refractivity contribution is 7.38. The fraction of sp³-hybridized carbons (Fsp3) is 0.500. The normalized spacial score (nSPS) is 13.2. The van der Waals surface area contributed by atoms with Crippen LogP contribution in [0.4, 0.5) is 0 Å². The predicted octanol–water partition coefficient (Wildman–Crippen LogP) is 3.13. The molecule has 2 atom stereocenters. The van der Waals surface area contributed by atoms with Crippen molar-refractivity contribution in [3.05, 3.63) is 35.9 Å². The van der Waals surface area contributed by atoms with Crippen LogP contribution in [0.25, 0.3) is 0 Å². The van der Waals surface area contributed by atoms with Crippen LogP contribution in [0.3, 0.4) is 0 Å². The molecule has 104 valence electrons. The molecule has 1 rings (SSSR count). The molecule has 0 aliphatic rings. The highest BCUT2D eigenvalue weighted by atomic mass is 31.1. The third-order valence-corrected chi connectivity index (χ3v) is 3.44. The number of esters is 1. The minimum absolute atomic E-state index is 0.0267. The van der Waals surface area contributed by atoms with Crippen LogP contribution >= 0.6 is 8.03 Å². The predicted molar refractivity (Wildman–Crippen MR) is 73.9 cm³/mol. The molecule has 0 saturated carbocycles. The van der Waals surface area contributed by atoms with Crippen LogP contribution in [-0.4, -0.2) is 17.0 Å². The molecule has 0 aliphatic heterocycles. The number of hydrogen-bond acceptors (Lipinski definition) is 3. The Hall–Kier alpha value is -1.25. The van der Waals surface area contributed by atoms with E-state index in [0.29, 0.717) is 6.42 Å². The van der Waals surface area contributed by atoms with Gasteiger partial charge >= 0.3 is 14.0 Å². The molecule has 1 aromatic carbocycles. The molecule has 19 heavy (non-hydrogen) atoms. The molecule has 0 amide bonds. The third-order valence-electron chi connectivity index (χ3n) is 2.69. The van der Waals surface area contributed by atoms with E-state index in [2.05, 4.69) is 0 Å². The monoisotopic (exact) mass is 283 g/mol. The van der Waals surface area contributed by atoms with Crippen molar-refractivity contribution < 1.29 is 19.0 Å². The summed E-state index contributed by atoms with van der Waals surface area (Å²) in [5, 5.41) is 0. The molecule has 1 N–H and O–H groups in total. The number of carbonyl (C=O) groups excluding carboxylic acids is 1. The van der Waals surface area contributed by atoms with Gasteiger partial charge in [0.05, 0.1) is 0 Å². The molecule has 0 radical (unpaired) electrons. The number of ether oxygens (including phenoxy) is 1. The van der Waals surface area contributed by atoms with Crippen molar-refractivity contribution in [2.75, 3.05) is 6.16 Å². The van der Waals surface area contributed by atoms with Gasteiger partial charge in [-0.05, 0) is 22.5 Å². The minimum Gasteiger partial charge on any atom is -0.460 e. The van der Waals surface area contributed by atoms with E-state index < -0.39 is 19.9 Å². The van der Waals surface area contributed by atoms with Crippen molar-refractivity contribution in [1.29, 1.82) is 0 Å². The summed E-state index contributed by atoms with van der Waals surface area (Å²) in [5.41, 5.74) is 0.910. The first kappa shape index (κ1) is 15.8. The first-order valence-corrected chi connectivity index (χ1v) is 7.73. The second-order valence-electron chi connectivity index (χ2n) is 4.95. The second-order valence-corrected chi connectivity index (χ2v) is 6.02. The molecule has 0 bridgehead atoms. The Morgan fingerprint density at radius 2 is 1.95 bits per heavy atom. The van der Waals surface area contributed by atoms with Gasteiger partial charge in [-0.2, -0.15) is 4.89 Å². The number of benzene rings is 1. The average molecular weight is 283 g/mol. The number of rotatable bonds is 7. The van der Waals surface area contributed by atoms with Crippen LogP contribution in [0.1, 0.15) is 25.8 Å². The zero-order valence-electron chi connectivity index (χ0n) is 11.3. The molecule has 0 aliphatic carbocycles. The Labute approximate surface area is 114 Å². The van der Waals surface area contributed by atoms with Crippen LogP contribution in [0.15, 0.2) is 30.3 Å². The lowest BCUT2D eigenvalue weighted by molar-refractivity contribution is -0.149. The van der Waals surface area contributed by atoms with E-state index in [1.165, 1.54) is 0 Å². The molecule has 0 fully saturated rings. The van der Waals surface area contributed by atoms with Crippen molar-refractivity contribution in [3.8, 4) is 0 Å². The maximum absolute atomic E-state index is 11.9. The summed E-state index contributed by atoms with van der Waals surface area (Å²) in [5.74, 6) is -0.614. The molecule has 0 heterocycles. The van der Waals surface area contributed by atoms with E-state index >= 15 is 0 Å². The van der Waals surface area contributed by atoms with Crippen LogP contribution in [-0.2, 0) is 20.7 Å². The number of hydrogen-bond donors (Lipinski definition) is 1. The van der Waals surface area contributed by atoms with Gasteiger partial charge in [-0.3, -0.25) is 4.79 Å². The van der Waals surface area contributed by atoms with E-state index in [4.69, 9.17) is 9.63 Å². The SMILES string of the molecule is CC(C)C[C@H](C[P+](=O)O)C(=O)OCc1ccccc1. The first-order valence-electron chi connectivity index (χ1n) is 6.33. The standard InChI is InChI=1S/C14H19O4P/c1-11(2)8-13(10-19(16)17)14(15)18-9-12-6-4-3-5-7-12/h3-7,11,13H,8-10H2,1-2H3/p+1/t13-/m1/s1. The summed E-state index contributed by atoms with van der Waals surface area (Å²) in [6.45, 7) is 4.15. The lowest BCUT2D eigenvalue weighted by Crippen LogP contribution is -2.21. The average Bonchev–Trinajstić information content (AvgIpc) is 2.35. The van der Waals surface area contributed by atoms with Gasteiger partial charge < -0.3 is 4.74 Å². The van der Waals surface area contributed by atoms with Gasteiger partial charge in [-0.15, -0.1) is 0 Å². The molecule has 0 saturated heterocycles. The summed E-state index contributed by atoms with van der Waals surface area (Å²) in [7, 11) is -2.32. The van der Waals surface area contributed by atoms with Gasteiger partial charge in [-0.1, -0.05) is 44.2 Å². The van der Waals surface area contributed by atoms with Crippen molar-refractivity contribution in [1.82, 2.24) is 0 Å². The fourth-order valence-electron chi connectivity index (χ4n) is 1.85. The Bertz CT molecular complexity index is 417. The molecule has 5 heteroatoms. The molecule has 1 aromatic rings. The van der Waals surface area contributed by atoms with Gasteiger partial charge in [0.15, 0.2) is 6.16 Å². The zero-order valence-corrected chi connectivity index (χ0v) is 12.2. The highest BCUT2D eigenvalue weighted by Gasteiger charge is 2.30. The summed E-state index contributed by atoms with van der Waals surface area (Å²) in [6, 6.07) is 9.39.